The Kier molecular flexibility index (Phi) is 2.89. The number of aromatic nitrogens is 2. The normalized spacial score (nSPS) is 12.0. The summed E-state index contributed by atoms with van der Waals surface area (Å²) in [5.41, 5.74) is 5.85. The van der Waals surface area contributed by atoms with Gasteiger partial charge in [0.15, 0.2) is 0 Å². The van der Waals surface area contributed by atoms with Crippen LogP contribution in [0.3, 0.4) is 0 Å². The van der Waals surface area contributed by atoms with Crippen molar-refractivity contribution < 1.29 is 0 Å². The molecule has 0 saturated heterocycles. The molecule has 0 saturated carbocycles. The molecule has 0 radical (unpaired) electrons. The fourth-order valence-electron chi connectivity index (χ4n) is 2.54. The number of benzene rings is 1. The molecule has 0 fully saturated rings. The van der Waals surface area contributed by atoms with Crippen LogP contribution in [0.2, 0.25) is 0 Å². The molecular formula is C18H20N2. The molecule has 0 aliphatic rings. The summed E-state index contributed by atoms with van der Waals surface area (Å²) in [5, 5.41) is 0. The summed E-state index contributed by atoms with van der Waals surface area (Å²) in [6.07, 6.45) is 2.12. The van der Waals surface area contributed by atoms with Gasteiger partial charge in [0.05, 0.1) is 11.4 Å². The molecule has 0 aliphatic carbocycles. The Morgan fingerprint density at radius 2 is 1.70 bits per heavy atom. The molecule has 0 unspecified atom stereocenters. The Morgan fingerprint density at radius 1 is 1.00 bits per heavy atom. The van der Waals surface area contributed by atoms with Gasteiger partial charge >= 0.3 is 0 Å². The number of pyridine rings is 1. The smallest absolute Gasteiger partial charge is 0.137 e. The van der Waals surface area contributed by atoms with Gasteiger partial charge in [-0.25, -0.2) is 4.98 Å². The van der Waals surface area contributed by atoms with Crippen LogP contribution in [0.25, 0.3) is 16.9 Å². The van der Waals surface area contributed by atoms with E-state index in [1.54, 1.807) is 0 Å². The second-order valence-corrected chi connectivity index (χ2v) is 6.36. The topological polar surface area (TPSA) is 17.3 Å². The van der Waals surface area contributed by atoms with Gasteiger partial charge in [-0.3, -0.25) is 4.40 Å². The zero-order chi connectivity index (χ0) is 14.3. The van der Waals surface area contributed by atoms with Gasteiger partial charge in [-0.05, 0) is 24.6 Å². The second-order valence-electron chi connectivity index (χ2n) is 6.36. The molecular weight excluding hydrogens is 244 g/mol. The van der Waals surface area contributed by atoms with Crippen LogP contribution in [-0.4, -0.2) is 9.38 Å². The standard InChI is InChI=1S/C18H20N2/c1-13-10-11-20-15(12-13)19-17(18(2,3)4)16(20)14-8-6-5-7-9-14/h5-12H,1-4H3. The van der Waals surface area contributed by atoms with Crippen molar-refractivity contribution in [2.24, 2.45) is 0 Å². The van der Waals surface area contributed by atoms with Crippen LogP contribution in [-0.2, 0) is 5.41 Å². The lowest BCUT2D eigenvalue weighted by Gasteiger charge is -2.18. The molecule has 0 atom stereocenters. The van der Waals surface area contributed by atoms with Crippen LogP contribution in [0.1, 0.15) is 32.0 Å². The van der Waals surface area contributed by atoms with Crippen LogP contribution < -0.4 is 0 Å². The Bertz CT molecular complexity index is 746. The highest BCUT2D eigenvalue weighted by Gasteiger charge is 2.24. The number of imidazole rings is 1. The summed E-state index contributed by atoms with van der Waals surface area (Å²) < 4.78 is 2.20. The zero-order valence-electron chi connectivity index (χ0n) is 12.5. The summed E-state index contributed by atoms with van der Waals surface area (Å²) in [6, 6.07) is 14.8. The van der Waals surface area contributed by atoms with E-state index in [1.165, 1.54) is 16.8 Å². The van der Waals surface area contributed by atoms with Crippen LogP contribution in [0, 0.1) is 6.92 Å². The molecule has 2 heterocycles. The number of hydrogen-bond acceptors (Lipinski definition) is 1. The minimum atomic E-state index is 0.0189. The van der Waals surface area contributed by atoms with Crippen molar-refractivity contribution >= 4 is 5.65 Å². The summed E-state index contributed by atoms with van der Waals surface area (Å²) in [4.78, 5) is 4.88. The van der Waals surface area contributed by atoms with E-state index in [0.717, 1.165) is 11.3 Å². The van der Waals surface area contributed by atoms with Crippen LogP contribution >= 0.6 is 0 Å². The van der Waals surface area contributed by atoms with Crippen LogP contribution in [0.15, 0.2) is 48.7 Å². The van der Waals surface area contributed by atoms with E-state index in [2.05, 4.69) is 74.7 Å². The first-order valence-corrected chi connectivity index (χ1v) is 7.01. The summed E-state index contributed by atoms with van der Waals surface area (Å²) >= 11 is 0. The average Bonchev–Trinajstić information content (AvgIpc) is 2.78. The van der Waals surface area contributed by atoms with E-state index in [-0.39, 0.29) is 5.41 Å². The fraction of sp³-hybridized carbons (Fsp3) is 0.278. The minimum Gasteiger partial charge on any atom is -0.299 e. The lowest BCUT2D eigenvalue weighted by molar-refractivity contribution is 0.575. The first kappa shape index (κ1) is 12.9. The average molecular weight is 264 g/mol. The third-order valence-electron chi connectivity index (χ3n) is 3.54. The molecule has 1 aromatic carbocycles. The molecule has 2 aromatic heterocycles. The molecule has 2 heteroatoms. The Morgan fingerprint density at radius 3 is 2.35 bits per heavy atom. The van der Waals surface area contributed by atoms with Gasteiger partial charge in [-0.1, -0.05) is 51.1 Å². The van der Waals surface area contributed by atoms with E-state index in [0.29, 0.717) is 0 Å². The quantitative estimate of drug-likeness (QED) is 0.627. The van der Waals surface area contributed by atoms with Crippen molar-refractivity contribution in [2.75, 3.05) is 0 Å². The van der Waals surface area contributed by atoms with Gasteiger partial charge in [0, 0.05) is 17.2 Å². The number of nitrogens with zero attached hydrogens (tertiary/aromatic N) is 2. The molecule has 2 nitrogen and oxygen atoms in total. The lowest BCUT2D eigenvalue weighted by Crippen LogP contribution is -2.13. The van der Waals surface area contributed by atoms with E-state index in [9.17, 15) is 0 Å². The van der Waals surface area contributed by atoms with Gasteiger partial charge in [0.25, 0.3) is 0 Å². The van der Waals surface area contributed by atoms with Gasteiger partial charge in [-0.15, -0.1) is 0 Å². The first-order chi connectivity index (χ1) is 9.47. The molecule has 3 aromatic rings. The molecule has 0 amide bonds. The summed E-state index contributed by atoms with van der Waals surface area (Å²) in [7, 11) is 0. The molecule has 102 valence electrons. The highest BCUT2D eigenvalue weighted by Crippen LogP contribution is 2.33. The van der Waals surface area contributed by atoms with Gasteiger partial charge < -0.3 is 0 Å². The highest BCUT2D eigenvalue weighted by atomic mass is 15.0. The van der Waals surface area contributed by atoms with Crippen molar-refractivity contribution in [3.8, 4) is 11.3 Å². The molecule has 0 N–H and O–H groups in total. The third-order valence-corrected chi connectivity index (χ3v) is 3.54. The maximum atomic E-state index is 4.88. The van der Waals surface area contributed by atoms with Gasteiger partial charge in [-0.2, -0.15) is 0 Å². The van der Waals surface area contributed by atoms with Crippen LogP contribution in [0.5, 0.6) is 0 Å². The number of rotatable bonds is 1. The largest absolute Gasteiger partial charge is 0.299 e. The van der Waals surface area contributed by atoms with E-state index < -0.39 is 0 Å². The predicted molar refractivity (Wildman–Crippen MR) is 84.1 cm³/mol. The van der Waals surface area contributed by atoms with Crippen molar-refractivity contribution in [1.29, 1.82) is 0 Å². The predicted octanol–water partition coefficient (Wildman–Crippen LogP) is 4.61. The minimum absolute atomic E-state index is 0.0189. The monoisotopic (exact) mass is 264 g/mol. The number of aryl methyl sites for hydroxylation is 1. The SMILES string of the molecule is Cc1ccn2c(-c3ccccc3)c(C(C)(C)C)nc2c1. The molecule has 0 aliphatic heterocycles. The van der Waals surface area contributed by atoms with Crippen molar-refractivity contribution in [2.45, 2.75) is 33.1 Å². The van der Waals surface area contributed by atoms with E-state index in [4.69, 9.17) is 4.98 Å². The van der Waals surface area contributed by atoms with Crippen molar-refractivity contribution in [3.63, 3.8) is 0 Å². The summed E-state index contributed by atoms with van der Waals surface area (Å²) in [5.74, 6) is 0. The number of hydrogen-bond donors (Lipinski definition) is 0. The lowest BCUT2D eigenvalue weighted by atomic mass is 9.89. The number of fused-ring (bicyclic) bond motifs is 1. The molecule has 0 spiro atoms. The first-order valence-electron chi connectivity index (χ1n) is 7.01. The maximum absolute atomic E-state index is 4.88. The molecule has 3 rings (SSSR count). The molecule has 0 bridgehead atoms. The second kappa shape index (κ2) is 4.48. The van der Waals surface area contributed by atoms with E-state index >= 15 is 0 Å². The van der Waals surface area contributed by atoms with Gasteiger partial charge in [0.2, 0.25) is 0 Å². The van der Waals surface area contributed by atoms with Crippen LogP contribution in [0.4, 0.5) is 0 Å². The zero-order valence-corrected chi connectivity index (χ0v) is 12.5. The fourth-order valence-corrected chi connectivity index (χ4v) is 2.54. The summed E-state index contributed by atoms with van der Waals surface area (Å²) in [6.45, 7) is 8.75. The third kappa shape index (κ3) is 2.11. The Balaban J connectivity index is 2.38. The maximum Gasteiger partial charge on any atom is 0.137 e. The Hall–Kier alpha value is -2.09. The van der Waals surface area contributed by atoms with Gasteiger partial charge in [0.1, 0.15) is 5.65 Å². The van der Waals surface area contributed by atoms with E-state index in [1.807, 2.05) is 6.07 Å². The Labute approximate surface area is 120 Å². The van der Waals surface area contributed by atoms with Crippen molar-refractivity contribution in [1.82, 2.24) is 9.38 Å². The van der Waals surface area contributed by atoms with Crippen molar-refractivity contribution in [3.05, 3.63) is 59.9 Å². The molecule has 20 heavy (non-hydrogen) atoms. The highest BCUT2D eigenvalue weighted by molar-refractivity contribution is 5.68.